The largest absolute Gasteiger partial charge is 0.381 e. The van der Waals surface area contributed by atoms with Crippen LogP contribution in [0.4, 0.5) is 0 Å². The van der Waals surface area contributed by atoms with Crippen molar-refractivity contribution in [3.05, 3.63) is 29.8 Å². The zero-order chi connectivity index (χ0) is 13.1. The van der Waals surface area contributed by atoms with Crippen molar-refractivity contribution in [3.63, 3.8) is 0 Å². The smallest absolute Gasteiger partial charge is 0.0506 e. The molecule has 0 radical (unpaired) electrons. The summed E-state index contributed by atoms with van der Waals surface area (Å²) in [6.45, 7) is 1.75. The fourth-order valence-corrected chi connectivity index (χ4v) is 2.89. The molecule has 3 heteroatoms. The average Bonchev–Trinajstić information content (AvgIpc) is 2.42. The van der Waals surface area contributed by atoms with Crippen LogP contribution >= 0.6 is 27.7 Å². The summed E-state index contributed by atoms with van der Waals surface area (Å²) in [5, 5.41) is 1.12. The highest BCUT2D eigenvalue weighted by Crippen LogP contribution is 2.20. The van der Waals surface area contributed by atoms with Gasteiger partial charge in [-0.1, -0.05) is 47.0 Å². The molecule has 0 unspecified atom stereocenters. The van der Waals surface area contributed by atoms with E-state index >= 15 is 0 Å². The van der Waals surface area contributed by atoms with Gasteiger partial charge in [-0.3, -0.25) is 0 Å². The Morgan fingerprint density at radius 2 is 1.83 bits per heavy atom. The van der Waals surface area contributed by atoms with Gasteiger partial charge in [0, 0.05) is 16.8 Å². The molecule has 0 N–H and O–H groups in total. The van der Waals surface area contributed by atoms with E-state index in [9.17, 15) is 0 Å². The summed E-state index contributed by atoms with van der Waals surface area (Å²) in [5.74, 6) is 0. The number of ether oxygens (including phenoxy) is 1. The number of alkyl halides is 1. The molecule has 0 bridgehead atoms. The lowest BCUT2D eigenvalue weighted by atomic mass is 10.1. The zero-order valence-corrected chi connectivity index (χ0v) is 13.6. The topological polar surface area (TPSA) is 9.23 Å². The lowest BCUT2D eigenvalue weighted by molar-refractivity contribution is 0.132. The molecule has 1 aromatic rings. The summed E-state index contributed by atoms with van der Waals surface area (Å²) in [5.41, 5.74) is 1.41. The third kappa shape index (κ3) is 6.81. The van der Waals surface area contributed by atoms with Crippen molar-refractivity contribution in [3.8, 4) is 0 Å². The van der Waals surface area contributed by atoms with Crippen LogP contribution in [0.2, 0.25) is 0 Å². The van der Waals surface area contributed by atoms with Crippen molar-refractivity contribution in [1.82, 2.24) is 0 Å². The maximum absolute atomic E-state index is 5.70. The second-order valence-corrected chi connectivity index (χ2v) is 5.92. The molecule has 0 spiro atoms. The van der Waals surface area contributed by atoms with Crippen molar-refractivity contribution in [2.45, 2.75) is 37.0 Å². The van der Waals surface area contributed by atoms with Gasteiger partial charge in [-0.15, -0.1) is 11.8 Å². The predicted octanol–water partition coefficient (Wildman–Crippen LogP) is 4.92. The minimum Gasteiger partial charge on any atom is -0.381 e. The number of thioether (sulfide) groups is 1. The van der Waals surface area contributed by atoms with Gasteiger partial charge in [0.1, 0.15) is 0 Å². The first-order valence-electron chi connectivity index (χ1n) is 6.64. The van der Waals surface area contributed by atoms with Crippen molar-refractivity contribution >= 4 is 27.7 Å². The molecule has 0 saturated carbocycles. The summed E-state index contributed by atoms with van der Waals surface area (Å²) < 4.78 is 5.70. The number of unbranched alkanes of at least 4 members (excludes halogenated alkanes) is 3. The number of halogens is 1. The Morgan fingerprint density at radius 3 is 2.61 bits per heavy atom. The lowest BCUT2D eigenvalue weighted by Gasteiger charge is -2.07. The van der Waals surface area contributed by atoms with Gasteiger partial charge in [0.15, 0.2) is 0 Å². The monoisotopic (exact) mass is 330 g/mol. The lowest BCUT2D eigenvalue weighted by Crippen LogP contribution is -2.01. The molecule has 102 valence electrons. The van der Waals surface area contributed by atoms with Crippen LogP contribution in [0, 0.1) is 0 Å². The molecule has 1 rings (SSSR count). The van der Waals surface area contributed by atoms with Crippen molar-refractivity contribution in [1.29, 1.82) is 0 Å². The van der Waals surface area contributed by atoms with E-state index in [2.05, 4.69) is 46.5 Å². The molecule has 0 heterocycles. The van der Waals surface area contributed by atoms with E-state index in [0.29, 0.717) is 0 Å². The molecule has 1 aromatic carbocycles. The van der Waals surface area contributed by atoms with Crippen molar-refractivity contribution in [2.24, 2.45) is 0 Å². The molecule has 0 aliphatic heterocycles. The van der Waals surface area contributed by atoms with Gasteiger partial charge in [-0.25, -0.2) is 0 Å². The highest BCUT2D eigenvalue weighted by atomic mass is 79.9. The molecular weight excluding hydrogens is 308 g/mol. The first-order valence-corrected chi connectivity index (χ1v) is 8.98. The first kappa shape index (κ1) is 16.1. The van der Waals surface area contributed by atoms with Gasteiger partial charge in [-0.2, -0.15) is 0 Å². The van der Waals surface area contributed by atoms with Crippen LogP contribution in [0.1, 0.15) is 31.2 Å². The molecule has 0 atom stereocenters. The summed E-state index contributed by atoms with van der Waals surface area (Å²) >= 11 is 5.26. The number of rotatable bonds is 10. The quantitative estimate of drug-likeness (QED) is 0.342. The Hall–Kier alpha value is 0.01000. The molecule has 18 heavy (non-hydrogen) atoms. The van der Waals surface area contributed by atoms with Crippen LogP contribution in [0.25, 0.3) is 0 Å². The average molecular weight is 331 g/mol. The molecule has 0 amide bonds. The maximum atomic E-state index is 5.70. The molecule has 0 aliphatic rings. The second-order valence-electron chi connectivity index (χ2n) is 4.28. The van der Waals surface area contributed by atoms with E-state index in [4.69, 9.17) is 4.74 Å². The standard InChI is InChI=1S/C15H23BrOS/c1-18-15-9-5-4-8-14(15)10-13-17-12-7-3-2-6-11-16/h4-5,8-9H,2-3,6-7,10-13H2,1H3. The molecule has 0 aliphatic carbocycles. The Labute approximate surface area is 124 Å². The van der Waals surface area contributed by atoms with E-state index in [1.807, 2.05) is 11.8 Å². The van der Waals surface area contributed by atoms with Crippen LogP contribution in [-0.4, -0.2) is 24.8 Å². The van der Waals surface area contributed by atoms with Gasteiger partial charge < -0.3 is 4.74 Å². The molecule has 1 nitrogen and oxygen atoms in total. The van der Waals surface area contributed by atoms with Crippen LogP contribution < -0.4 is 0 Å². The zero-order valence-electron chi connectivity index (χ0n) is 11.2. The van der Waals surface area contributed by atoms with Crippen LogP contribution in [0.15, 0.2) is 29.2 Å². The van der Waals surface area contributed by atoms with Gasteiger partial charge in [0.2, 0.25) is 0 Å². The summed E-state index contributed by atoms with van der Waals surface area (Å²) in [4.78, 5) is 1.37. The fourth-order valence-electron chi connectivity index (χ4n) is 1.85. The van der Waals surface area contributed by atoms with Crippen molar-refractivity contribution < 1.29 is 4.74 Å². The third-order valence-corrected chi connectivity index (χ3v) is 4.28. The van der Waals surface area contributed by atoms with Crippen LogP contribution in [-0.2, 0) is 11.2 Å². The van der Waals surface area contributed by atoms with E-state index in [0.717, 1.165) is 25.0 Å². The third-order valence-electron chi connectivity index (χ3n) is 2.88. The normalized spacial score (nSPS) is 10.8. The van der Waals surface area contributed by atoms with E-state index < -0.39 is 0 Å². The number of hydrogen-bond acceptors (Lipinski definition) is 2. The minimum absolute atomic E-state index is 0.843. The highest BCUT2D eigenvalue weighted by molar-refractivity contribution is 9.09. The Bertz CT molecular complexity index is 317. The Balaban J connectivity index is 2.07. The second kappa shape index (κ2) is 10.9. The SMILES string of the molecule is CSc1ccccc1CCOCCCCCCBr. The summed E-state index contributed by atoms with van der Waals surface area (Å²) in [6, 6.07) is 8.58. The molecule has 0 fully saturated rings. The molecule has 0 aromatic heterocycles. The van der Waals surface area contributed by atoms with E-state index in [1.165, 1.54) is 36.1 Å². The van der Waals surface area contributed by atoms with E-state index in [-0.39, 0.29) is 0 Å². The Kier molecular flexibility index (Phi) is 9.72. The van der Waals surface area contributed by atoms with Gasteiger partial charge >= 0.3 is 0 Å². The van der Waals surface area contributed by atoms with Crippen molar-refractivity contribution in [2.75, 3.05) is 24.8 Å². The number of benzene rings is 1. The van der Waals surface area contributed by atoms with Crippen LogP contribution in [0.3, 0.4) is 0 Å². The first-order chi connectivity index (χ1) is 8.88. The molecule has 0 saturated heterocycles. The summed E-state index contributed by atoms with van der Waals surface area (Å²) in [6.07, 6.45) is 8.22. The molecular formula is C15H23BrOS. The van der Waals surface area contributed by atoms with Gasteiger partial charge in [0.25, 0.3) is 0 Å². The van der Waals surface area contributed by atoms with Gasteiger partial charge in [-0.05, 0) is 37.1 Å². The van der Waals surface area contributed by atoms with Crippen LogP contribution in [0.5, 0.6) is 0 Å². The highest BCUT2D eigenvalue weighted by Gasteiger charge is 2.00. The maximum Gasteiger partial charge on any atom is 0.0506 e. The minimum atomic E-state index is 0.843. The number of hydrogen-bond donors (Lipinski definition) is 0. The predicted molar refractivity (Wildman–Crippen MR) is 85.0 cm³/mol. The fraction of sp³-hybridized carbons (Fsp3) is 0.600. The Morgan fingerprint density at radius 1 is 1.06 bits per heavy atom. The summed E-state index contributed by atoms with van der Waals surface area (Å²) in [7, 11) is 0. The van der Waals surface area contributed by atoms with Gasteiger partial charge in [0.05, 0.1) is 6.61 Å². The van der Waals surface area contributed by atoms with E-state index in [1.54, 1.807) is 0 Å².